The predicted molar refractivity (Wildman–Crippen MR) is 91.9 cm³/mol. The van der Waals surface area contributed by atoms with E-state index >= 15 is 0 Å². The number of benzene rings is 3. The van der Waals surface area contributed by atoms with Crippen LogP contribution >= 0.6 is 0 Å². The van der Waals surface area contributed by atoms with Crippen molar-refractivity contribution < 1.29 is 12.6 Å². The van der Waals surface area contributed by atoms with Gasteiger partial charge in [0.1, 0.15) is 4.90 Å². The van der Waals surface area contributed by atoms with Gasteiger partial charge in [-0.3, -0.25) is 4.18 Å². The Morgan fingerprint density at radius 2 is 1.64 bits per heavy atom. The molecule has 0 saturated heterocycles. The first kappa shape index (κ1) is 17.2. The van der Waals surface area contributed by atoms with Crippen molar-refractivity contribution in [2.45, 2.75) is 4.90 Å². The molecular formula is C17H15NaO3S. The Kier molecular flexibility index (Phi) is 5.42. The topological polar surface area (TPSA) is 43.4 Å². The molecule has 0 saturated carbocycles. The van der Waals surface area contributed by atoms with E-state index in [2.05, 4.69) is 6.58 Å². The van der Waals surface area contributed by atoms with Crippen LogP contribution in [0.25, 0.3) is 21.5 Å². The van der Waals surface area contributed by atoms with Crippen molar-refractivity contribution in [2.24, 2.45) is 0 Å². The molecule has 3 aromatic rings. The van der Waals surface area contributed by atoms with Gasteiger partial charge in [0.2, 0.25) is 0 Å². The summed E-state index contributed by atoms with van der Waals surface area (Å²) in [4.78, 5) is 0.188. The fourth-order valence-electron chi connectivity index (χ4n) is 2.43. The molecule has 5 heteroatoms. The van der Waals surface area contributed by atoms with Gasteiger partial charge >= 0.3 is 29.6 Å². The quantitative estimate of drug-likeness (QED) is 0.320. The fraction of sp³-hybridized carbons (Fsp3) is 0.0588. The van der Waals surface area contributed by atoms with Gasteiger partial charge in [0, 0.05) is 5.39 Å². The van der Waals surface area contributed by atoms with E-state index < -0.39 is 10.1 Å². The van der Waals surface area contributed by atoms with Crippen molar-refractivity contribution in [3.63, 3.8) is 0 Å². The second-order valence-electron chi connectivity index (χ2n) is 4.67. The number of hydrogen-bond donors (Lipinski definition) is 0. The molecule has 0 aliphatic carbocycles. The Morgan fingerprint density at radius 1 is 0.909 bits per heavy atom. The third kappa shape index (κ3) is 3.12. The van der Waals surface area contributed by atoms with Crippen LogP contribution < -0.4 is 0 Å². The third-order valence-electron chi connectivity index (χ3n) is 3.36. The van der Waals surface area contributed by atoms with Gasteiger partial charge in [0.25, 0.3) is 10.1 Å². The molecule has 0 aliphatic heterocycles. The Labute approximate surface area is 152 Å². The van der Waals surface area contributed by atoms with Gasteiger partial charge in [-0.25, -0.2) is 0 Å². The summed E-state index contributed by atoms with van der Waals surface area (Å²) in [6.07, 6.45) is 1.41. The Bertz CT molecular complexity index is 933. The molecule has 0 aromatic heterocycles. The fourth-order valence-corrected chi connectivity index (χ4v) is 3.53. The van der Waals surface area contributed by atoms with Gasteiger partial charge in [-0.15, -0.1) is 6.58 Å². The summed E-state index contributed by atoms with van der Waals surface area (Å²) in [5.41, 5.74) is 0. The molecular weight excluding hydrogens is 307 g/mol. The van der Waals surface area contributed by atoms with Crippen molar-refractivity contribution in [3.05, 3.63) is 67.3 Å². The molecule has 0 heterocycles. The van der Waals surface area contributed by atoms with Gasteiger partial charge < -0.3 is 0 Å². The first-order valence-corrected chi connectivity index (χ1v) is 7.95. The molecule has 3 nitrogen and oxygen atoms in total. The van der Waals surface area contributed by atoms with Crippen LogP contribution in [0, 0.1) is 0 Å². The minimum atomic E-state index is -3.79. The van der Waals surface area contributed by atoms with E-state index in [0.29, 0.717) is 5.39 Å². The van der Waals surface area contributed by atoms with E-state index in [1.54, 1.807) is 12.1 Å². The van der Waals surface area contributed by atoms with E-state index in [0.717, 1.165) is 16.2 Å². The summed E-state index contributed by atoms with van der Waals surface area (Å²) in [5, 5.41) is 3.67. The van der Waals surface area contributed by atoms with Crippen molar-refractivity contribution in [2.75, 3.05) is 6.61 Å². The standard InChI is InChI=1S/C17H14O3S.Na.H/c1-2-12-20-21(18,19)17-9-5-8-15-14-7-4-3-6-13(14)10-11-16(15)17;;/h2-11H,1,12H2;;. The van der Waals surface area contributed by atoms with E-state index in [1.807, 2.05) is 42.5 Å². The molecule has 108 valence electrons. The monoisotopic (exact) mass is 322 g/mol. The van der Waals surface area contributed by atoms with Crippen molar-refractivity contribution in [1.82, 2.24) is 0 Å². The second-order valence-corrected chi connectivity index (χ2v) is 6.25. The number of rotatable bonds is 4. The Morgan fingerprint density at radius 3 is 2.41 bits per heavy atom. The van der Waals surface area contributed by atoms with Crippen molar-refractivity contribution in [1.29, 1.82) is 0 Å². The van der Waals surface area contributed by atoms with Gasteiger partial charge in [-0.1, -0.05) is 54.6 Å². The van der Waals surface area contributed by atoms with Gasteiger partial charge in [0.05, 0.1) is 6.61 Å². The maximum absolute atomic E-state index is 12.3. The number of fused-ring (bicyclic) bond motifs is 3. The molecule has 0 N–H and O–H groups in total. The normalized spacial score (nSPS) is 11.3. The van der Waals surface area contributed by atoms with E-state index in [-0.39, 0.29) is 41.1 Å². The molecule has 0 atom stereocenters. The molecule has 3 aromatic carbocycles. The van der Waals surface area contributed by atoms with Crippen molar-refractivity contribution in [3.8, 4) is 0 Å². The van der Waals surface area contributed by atoms with Crippen LogP contribution in [-0.2, 0) is 14.3 Å². The zero-order valence-electron chi connectivity index (χ0n) is 11.3. The zero-order chi connectivity index (χ0) is 14.9. The molecule has 0 radical (unpaired) electrons. The minimum absolute atomic E-state index is 0. The summed E-state index contributed by atoms with van der Waals surface area (Å²) < 4.78 is 29.5. The molecule has 0 aliphatic rings. The maximum atomic E-state index is 12.3. The van der Waals surface area contributed by atoms with Crippen LogP contribution in [0.1, 0.15) is 0 Å². The average Bonchev–Trinajstić information content (AvgIpc) is 2.52. The Balaban J connectivity index is 0.00000176. The van der Waals surface area contributed by atoms with Gasteiger partial charge in [-0.2, -0.15) is 8.42 Å². The van der Waals surface area contributed by atoms with Gasteiger partial charge in [0.15, 0.2) is 0 Å². The molecule has 0 amide bonds. The summed E-state index contributed by atoms with van der Waals surface area (Å²) in [6.45, 7) is 3.44. The van der Waals surface area contributed by atoms with Crippen molar-refractivity contribution >= 4 is 61.2 Å². The van der Waals surface area contributed by atoms with E-state index in [4.69, 9.17) is 4.18 Å². The number of hydrogen-bond acceptors (Lipinski definition) is 3. The molecule has 0 unspecified atom stereocenters. The van der Waals surface area contributed by atoms with Gasteiger partial charge in [-0.05, 0) is 22.2 Å². The molecule has 0 spiro atoms. The summed E-state index contributed by atoms with van der Waals surface area (Å²) in [6, 6.07) is 16.9. The third-order valence-corrected chi connectivity index (χ3v) is 4.70. The molecule has 3 rings (SSSR count). The van der Waals surface area contributed by atoms with Crippen LogP contribution in [-0.4, -0.2) is 44.6 Å². The second kappa shape index (κ2) is 6.94. The predicted octanol–water partition coefficient (Wildman–Crippen LogP) is 3.24. The van der Waals surface area contributed by atoms with Crippen LogP contribution in [0.15, 0.2) is 72.1 Å². The average molecular weight is 322 g/mol. The van der Waals surface area contributed by atoms with Crippen LogP contribution in [0.4, 0.5) is 0 Å². The van der Waals surface area contributed by atoms with Crippen LogP contribution in [0.2, 0.25) is 0 Å². The van der Waals surface area contributed by atoms with E-state index in [1.165, 1.54) is 6.08 Å². The first-order chi connectivity index (χ1) is 10.1. The van der Waals surface area contributed by atoms with Crippen LogP contribution in [0.3, 0.4) is 0 Å². The summed E-state index contributed by atoms with van der Waals surface area (Å²) >= 11 is 0. The SMILES string of the molecule is C=CCOS(=O)(=O)c1cccc2c1ccc1ccccc12.[NaH]. The first-order valence-electron chi connectivity index (χ1n) is 6.54. The summed E-state index contributed by atoms with van der Waals surface area (Å²) in [7, 11) is -3.79. The molecule has 0 fully saturated rings. The zero-order valence-corrected chi connectivity index (χ0v) is 12.1. The van der Waals surface area contributed by atoms with E-state index in [9.17, 15) is 8.42 Å². The Hall–Kier alpha value is -1.17. The molecule has 22 heavy (non-hydrogen) atoms. The summed E-state index contributed by atoms with van der Waals surface area (Å²) in [5.74, 6) is 0. The van der Waals surface area contributed by atoms with Crippen LogP contribution in [0.5, 0.6) is 0 Å². The molecule has 0 bridgehead atoms.